The maximum absolute atomic E-state index is 12.3. The second kappa shape index (κ2) is 7.81. The highest BCUT2D eigenvalue weighted by Gasteiger charge is 2.31. The van der Waals surface area contributed by atoms with Crippen LogP contribution in [-0.2, 0) is 9.53 Å². The van der Waals surface area contributed by atoms with E-state index in [4.69, 9.17) is 10.5 Å². The van der Waals surface area contributed by atoms with Crippen molar-refractivity contribution >= 4 is 12.0 Å². The van der Waals surface area contributed by atoms with E-state index >= 15 is 0 Å². The SMILES string of the molecule is CCN(C(=O)OC(C)(C)C)C1CCC(NC(=O)[C@H](C)N)CC1. The Morgan fingerprint density at radius 2 is 1.82 bits per heavy atom. The summed E-state index contributed by atoms with van der Waals surface area (Å²) < 4.78 is 5.47. The van der Waals surface area contributed by atoms with Gasteiger partial charge in [-0.05, 0) is 60.3 Å². The van der Waals surface area contributed by atoms with Crippen molar-refractivity contribution in [2.75, 3.05) is 6.54 Å². The molecular weight excluding hydrogens is 282 g/mol. The summed E-state index contributed by atoms with van der Waals surface area (Å²) in [6, 6.07) is -0.137. The zero-order valence-electron chi connectivity index (χ0n) is 14.5. The van der Waals surface area contributed by atoms with Crippen LogP contribution in [0.25, 0.3) is 0 Å². The van der Waals surface area contributed by atoms with Crippen LogP contribution in [0.3, 0.4) is 0 Å². The van der Waals surface area contributed by atoms with Crippen LogP contribution < -0.4 is 11.1 Å². The molecular formula is C16H31N3O3. The van der Waals surface area contributed by atoms with Gasteiger partial charge in [-0.1, -0.05) is 0 Å². The first-order chi connectivity index (χ1) is 10.1. The molecule has 1 rings (SSSR count). The van der Waals surface area contributed by atoms with Crippen molar-refractivity contribution < 1.29 is 14.3 Å². The third kappa shape index (κ3) is 5.83. The van der Waals surface area contributed by atoms with Crippen molar-refractivity contribution in [1.29, 1.82) is 0 Å². The van der Waals surface area contributed by atoms with Gasteiger partial charge in [-0.2, -0.15) is 0 Å². The highest BCUT2D eigenvalue weighted by molar-refractivity contribution is 5.81. The number of rotatable bonds is 4. The minimum atomic E-state index is -0.480. The molecule has 1 saturated carbocycles. The molecule has 6 nitrogen and oxygen atoms in total. The van der Waals surface area contributed by atoms with Crippen LogP contribution >= 0.6 is 0 Å². The Kier molecular flexibility index (Phi) is 6.66. The minimum absolute atomic E-state index is 0.108. The minimum Gasteiger partial charge on any atom is -0.444 e. The quantitative estimate of drug-likeness (QED) is 0.831. The van der Waals surface area contributed by atoms with Gasteiger partial charge in [0, 0.05) is 18.6 Å². The molecule has 6 heteroatoms. The monoisotopic (exact) mass is 313 g/mol. The summed E-state index contributed by atoms with van der Waals surface area (Å²) in [4.78, 5) is 25.7. The number of hydrogen-bond donors (Lipinski definition) is 2. The van der Waals surface area contributed by atoms with Gasteiger partial charge < -0.3 is 20.7 Å². The highest BCUT2D eigenvalue weighted by atomic mass is 16.6. The van der Waals surface area contributed by atoms with Gasteiger partial charge in [0.2, 0.25) is 5.91 Å². The number of nitrogens with one attached hydrogen (secondary N) is 1. The van der Waals surface area contributed by atoms with Gasteiger partial charge in [0.25, 0.3) is 0 Å². The normalized spacial score (nSPS) is 23.5. The summed E-state index contributed by atoms with van der Waals surface area (Å²) in [6.45, 7) is 9.91. The van der Waals surface area contributed by atoms with E-state index in [1.165, 1.54) is 0 Å². The number of carbonyl (C=O) groups is 2. The molecule has 3 N–H and O–H groups in total. The van der Waals surface area contributed by atoms with Crippen molar-refractivity contribution in [2.45, 2.75) is 84.0 Å². The summed E-state index contributed by atoms with van der Waals surface area (Å²) in [5.74, 6) is -0.108. The smallest absolute Gasteiger partial charge is 0.410 e. The van der Waals surface area contributed by atoms with E-state index in [0.717, 1.165) is 25.7 Å². The molecule has 0 aromatic carbocycles. The van der Waals surface area contributed by atoms with E-state index in [1.54, 1.807) is 11.8 Å². The summed E-state index contributed by atoms with van der Waals surface area (Å²) in [5, 5.41) is 2.96. The Balaban J connectivity index is 2.51. The first-order valence-electron chi connectivity index (χ1n) is 8.19. The third-order valence-corrected chi connectivity index (χ3v) is 3.87. The van der Waals surface area contributed by atoms with Crippen LogP contribution in [0.5, 0.6) is 0 Å². The van der Waals surface area contributed by atoms with Gasteiger partial charge in [0.05, 0.1) is 6.04 Å². The fourth-order valence-electron chi connectivity index (χ4n) is 2.72. The zero-order valence-corrected chi connectivity index (χ0v) is 14.5. The molecule has 1 aliphatic rings. The lowest BCUT2D eigenvalue weighted by Crippen LogP contribution is -2.49. The molecule has 0 aromatic rings. The number of amides is 2. The van der Waals surface area contributed by atoms with Crippen molar-refractivity contribution in [1.82, 2.24) is 10.2 Å². The molecule has 2 amide bonds. The first kappa shape index (κ1) is 18.7. The molecule has 0 aliphatic heterocycles. The number of nitrogens with two attached hydrogens (primary N) is 1. The van der Waals surface area contributed by atoms with E-state index in [2.05, 4.69) is 5.32 Å². The van der Waals surface area contributed by atoms with Crippen molar-refractivity contribution in [2.24, 2.45) is 5.73 Å². The molecule has 0 saturated heterocycles. The lowest BCUT2D eigenvalue weighted by atomic mass is 9.90. The molecule has 1 aliphatic carbocycles. The van der Waals surface area contributed by atoms with E-state index in [9.17, 15) is 9.59 Å². The molecule has 0 heterocycles. The number of nitrogens with zero attached hydrogens (tertiary/aromatic N) is 1. The van der Waals surface area contributed by atoms with Crippen LogP contribution in [0.4, 0.5) is 4.79 Å². The average Bonchev–Trinajstić information content (AvgIpc) is 2.39. The molecule has 128 valence electrons. The first-order valence-corrected chi connectivity index (χ1v) is 8.19. The van der Waals surface area contributed by atoms with Gasteiger partial charge in [-0.15, -0.1) is 0 Å². The summed E-state index contributed by atoms with van der Waals surface area (Å²) in [6.07, 6.45) is 3.22. The highest BCUT2D eigenvalue weighted by Crippen LogP contribution is 2.24. The maximum atomic E-state index is 12.3. The average molecular weight is 313 g/mol. The standard InChI is InChI=1S/C16H31N3O3/c1-6-19(15(21)22-16(3,4)5)13-9-7-12(8-10-13)18-14(20)11(2)17/h11-13H,6-10,17H2,1-5H3,(H,18,20)/t11-,12?,13?/m0/s1. The summed E-state index contributed by atoms with van der Waals surface area (Å²) >= 11 is 0. The van der Waals surface area contributed by atoms with Crippen molar-refractivity contribution in [3.63, 3.8) is 0 Å². The maximum Gasteiger partial charge on any atom is 0.410 e. The van der Waals surface area contributed by atoms with E-state index in [0.29, 0.717) is 6.54 Å². The Hall–Kier alpha value is -1.30. The second-order valence-corrected chi connectivity index (χ2v) is 7.07. The fourth-order valence-corrected chi connectivity index (χ4v) is 2.72. The molecule has 0 bridgehead atoms. The van der Waals surface area contributed by atoms with Gasteiger partial charge in [0.1, 0.15) is 5.60 Å². The topological polar surface area (TPSA) is 84.7 Å². The Labute approximate surface area is 133 Å². The van der Waals surface area contributed by atoms with Crippen LogP contribution in [0, 0.1) is 0 Å². The van der Waals surface area contributed by atoms with Crippen LogP contribution in [0.15, 0.2) is 0 Å². The Morgan fingerprint density at radius 1 is 1.27 bits per heavy atom. The second-order valence-electron chi connectivity index (χ2n) is 7.07. The number of carbonyl (C=O) groups excluding carboxylic acids is 2. The zero-order chi connectivity index (χ0) is 16.9. The molecule has 0 spiro atoms. The molecule has 22 heavy (non-hydrogen) atoms. The summed E-state index contributed by atoms with van der Waals surface area (Å²) in [5.41, 5.74) is 5.09. The Morgan fingerprint density at radius 3 is 2.23 bits per heavy atom. The molecule has 1 fully saturated rings. The lowest BCUT2D eigenvalue weighted by molar-refractivity contribution is -0.123. The fraction of sp³-hybridized carbons (Fsp3) is 0.875. The van der Waals surface area contributed by atoms with Crippen molar-refractivity contribution in [3.05, 3.63) is 0 Å². The van der Waals surface area contributed by atoms with E-state index in [1.807, 2.05) is 27.7 Å². The number of ether oxygens (including phenoxy) is 1. The largest absolute Gasteiger partial charge is 0.444 e. The van der Waals surface area contributed by atoms with Gasteiger partial charge in [-0.3, -0.25) is 4.79 Å². The molecule has 0 radical (unpaired) electrons. The van der Waals surface area contributed by atoms with Gasteiger partial charge >= 0.3 is 6.09 Å². The van der Waals surface area contributed by atoms with Crippen molar-refractivity contribution in [3.8, 4) is 0 Å². The van der Waals surface area contributed by atoms with Gasteiger partial charge in [-0.25, -0.2) is 4.79 Å². The predicted molar refractivity (Wildman–Crippen MR) is 86.5 cm³/mol. The number of hydrogen-bond acceptors (Lipinski definition) is 4. The summed E-state index contributed by atoms with van der Waals surface area (Å²) in [7, 11) is 0. The third-order valence-electron chi connectivity index (χ3n) is 3.87. The van der Waals surface area contributed by atoms with Gasteiger partial charge in [0.15, 0.2) is 0 Å². The van der Waals surface area contributed by atoms with Crippen LogP contribution in [-0.4, -0.2) is 47.2 Å². The lowest BCUT2D eigenvalue weighted by Gasteiger charge is -2.37. The predicted octanol–water partition coefficient (Wildman–Crippen LogP) is 2.02. The Bertz CT molecular complexity index is 383. The molecule has 0 aromatic heterocycles. The van der Waals surface area contributed by atoms with Crippen LogP contribution in [0.2, 0.25) is 0 Å². The molecule has 1 atom stereocenters. The van der Waals surface area contributed by atoms with Crippen LogP contribution in [0.1, 0.15) is 60.3 Å². The van der Waals surface area contributed by atoms with E-state index < -0.39 is 11.6 Å². The van der Waals surface area contributed by atoms with E-state index in [-0.39, 0.29) is 24.1 Å². The molecule has 0 unspecified atom stereocenters.